The molecule has 0 unspecified atom stereocenters. The average molecular weight is 418 g/mol. The smallest absolute Gasteiger partial charge is 0.272 e. The number of hydrogen-bond acceptors (Lipinski definition) is 6. The van der Waals surface area contributed by atoms with E-state index in [1.54, 1.807) is 18.2 Å². The number of aromatic nitrogens is 1. The molecule has 1 fully saturated rings. The van der Waals surface area contributed by atoms with Gasteiger partial charge in [0.05, 0.1) is 24.4 Å². The second kappa shape index (κ2) is 8.83. The zero-order valence-corrected chi connectivity index (χ0v) is 17.0. The summed E-state index contributed by atoms with van der Waals surface area (Å²) in [7, 11) is 1.49. The largest absolute Gasteiger partial charge is 0.493 e. The summed E-state index contributed by atoms with van der Waals surface area (Å²) in [5, 5.41) is 4.87. The number of ether oxygens (including phenoxy) is 2. The van der Waals surface area contributed by atoms with Crippen molar-refractivity contribution < 1.29 is 19.1 Å². The molecule has 0 bridgehead atoms. The molecule has 0 aliphatic heterocycles. The minimum atomic E-state index is -0.580. The molecule has 1 heterocycles. The molecule has 0 atom stereocenters. The minimum absolute atomic E-state index is 0.247. The number of nitrogens with two attached hydrogens (primary N) is 1. The Labute approximate surface area is 179 Å². The Bertz CT molecular complexity index is 1170. The maximum absolute atomic E-state index is 12.8. The van der Waals surface area contributed by atoms with Crippen molar-refractivity contribution in [3.05, 3.63) is 65.4 Å². The van der Waals surface area contributed by atoms with Gasteiger partial charge in [-0.15, -0.1) is 0 Å². The molecule has 3 N–H and O–H groups in total. The molecule has 8 heteroatoms. The van der Waals surface area contributed by atoms with Crippen LogP contribution in [0.1, 0.15) is 40.4 Å². The van der Waals surface area contributed by atoms with E-state index in [1.807, 2.05) is 30.3 Å². The van der Waals surface area contributed by atoms with Crippen molar-refractivity contribution in [2.45, 2.75) is 18.8 Å². The summed E-state index contributed by atoms with van der Waals surface area (Å²) in [5.41, 5.74) is 10.7. The number of nitrogens with one attached hydrogen (secondary N) is 1. The van der Waals surface area contributed by atoms with Crippen LogP contribution in [0, 0.1) is 0 Å². The van der Waals surface area contributed by atoms with E-state index < -0.39 is 5.91 Å². The minimum Gasteiger partial charge on any atom is -0.493 e. The predicted octanol–water partition coefficient (Wildman–Crippen LogP) is 2.75. The summed E-state index contributed by atoms with van der Waals surface area (Å²) in [6.45, 7) is -0.247. The number of pyridine rings is 1. The topological polar surface area (TPSA) is 116 Å². The Balaban J connectivity index is 1.50. The Morgan fingerprint density at radius 2 is 2.00 bits per heavy atom. The fraction of sp³-hybridized carbons (Fsp3) is 0.217. The number of fused-ring (bicyclic) bond motifs is 1. The second-order valence-corrected chi connectivity index (χ2v) is 7.25. The first-order chi connectivity index (χ1) is 15.0. The molecule has 31 heavy (non-hydrogen) atoms. The number of para-hydroxylation sites is 1. The highest BCUT2D eigenvalue weighted by molar-refractivity contribution is 6.06. The zero-order chi connectivity index (χ0) is 21.8. The third kappa shape index (κ3) is 4.80. The lowest BCUT2D eigenvalue weighted by Crippen LogP contribution is -2.20. The first kappa shape index (κ1) is 20.3. The van der Waals surface area contributed by atoms with Crippen LogP contribution in [0.2, 0.25) is 0 Å². The fourth-order valence-electron chi connectivity index (χ4n) is 3.23. The third-order valence-corrected chi connectivity index (χ3v) is 4.91. The van der Waals surface area contributed by atoms with Gasteiger partial charge in [0.15, 0.2) is 18.1 Å². The van der Waals surface area contributed by atoms with Crippen LogP contribution in [0.5, 0.6) is 11.5 Å². The molecule has 8 nitrogen and oxygen atoms in total. The highest BCUT2D eigenvalue weighted by Gasteiger charge is 2.26. The quantitative estimate of drug-likeness (QED) is 0.431. The summed E-state index contributed by atoms with van der Waals surface area (Å²) in [6.07, 6.45) is 3.71. The van der Waals surface area contributed by atoms with Crippen LogP contribution >= 0.6 is 0 Å². The van der Waals surface area contributed by atoms with Gasteiger partial charge in [-0.25, -0.2) is 5.43 Å². The standard InChI is InChI=1S/C23H22N4O4/c1-30-21-10-14(6-9-20(21)31-13-22(24)28)12-25-27-23(29)17-11-19(15-7-8-15)26-18-5-3-2-4-16(17)18/h2-6,9-12,15H,7-8,13H2,1H3,(H2,24,28)(H,27,29)/b25-12+. The molecule has 1 aromatic heterocycles. The summed E-state index contributed by atoms with van der Waals surface area (Å²) in [5.74, 6) is 0.362. The van der Waals surface area contributed by atoms with Crippen molar-refractivity contribution in [2.24, 2.45) is 10.8 Å². The number of rotatable bonds is 8. The molecule has 0 saturated heterocycles. The number of hydrazone groups is 1. The number of benzene rings is 2. The van der Waals surface area contributed by atoms with Gasteiger partial charge in [0.25, 0.3) is 11.8 Å². The van der Waals surface area contributed by atoms with Crippen molar-refractivity contribution in [1.29, 1.82) is 0 Å². The van der Waals surface area contributed by atoms with Gasteiger partial charge in [0.1, 0.15) is 0 Å². The van der Waals surface area contributed by atoms with Gasteiger partial charge in [-0.05, 0) is 48.7 Å². The van der Waals surface area contributed by atoms with Gasteiger partial charge in [0.2, 0.25) is 0 Å². The first-order valence-corrected chi connectivity index (χ1v) is 9.87. The van der Waals surface area contributed by atoms with Crippen molar-refractivity contribution in [3.8, 4) is 11.5 Å². The average Bonchev–Trinajstić information content (AvgIpc) is 3.62. The van der Waals surface area contributed by atoms with Crippen LogP contribution in [-0.2, 0) is 4.79 Å². The van der Waals surface area contributed by atoms with Gasteiger partial charge in [0, 0.05) is 17.0 Å². The summed E-state index contributed by atoms with van der Waals surface area (Å²) in [6, 6.07) is 14.5. The molecular weight excluding hydrogens is 396 g/mol. The van der Waals surface area contributed by atoms with Gasteiger partial charge in [-0.2, -0.15) is 5.10 Å². The van der Waals surface area contributed by atoms with Gasteiger partial charge in [-0.3, -0.25) is 14.6 Å². The van der Waals surface area contributed by atoms with E-state index in [0.29, 0.717) is 28.5 Å². The Hall–Kier alpha value is -3.94. The van der Waals surface area contributed by atoms with E-state index in [4.69, 9.17) is 15.2 Å². The predicted molar refractivity (Wildman–Crippen MR) is 116 cm³/mol. The van der Waals surface area contributed by atoms with Crippen LogP contribution in [0.15, 0.2) is 53.6 Å². The molecule has 158 valence electrons. The SMILES string of the molecule is COc1cc(/C=N/NC(=O)c2cc(C3CC3)nc3ccccc23)ccc1OCC(N)=O. The summed E-state index contributed by atoms with van der Waals surface area (Å²) in [4.78, 5) is 28.4. The number of carbonyl (C=O) groups excluding carboxylic acids is 2. The molecule has 1 saturated carbocycles. The molecular formula is C23H22N4O4. The zero-order valence-electron chi connectivity index (χ0n) is 17.0. The number of primary amides is 1. The van der Waals surface area contributed by atoms with E-state index in [9.17, 15) is 9.59 Å². The monoisotopic (exact) mass is 418 g/mol. The molecule has 4 rings (SSSR count). The van der Waals surface area contributed by atoms with Crippen LogP contribution < -0.4 is 20.6 Å². The van der Waals surface area contributed by atoms with Crippen LogP contribution in [0.25, 0.3) is 10.9 Å². The molecule has 2 amide bonds. The Morgan fingerprint density at radius 1 is 1.19 bits per heavy atom. The number of carbonyl (C=O) groups is 2. The normalized spacial score (nSPS) is 13.3. The fourth-order valence-corrected chi connectivity index (χ4v) is 3.23. The number of methoxy groups -OCH3 is 1. The second-order valence-electron chi connectivity index (χ2n) is 7.25. The van der Waals surface area contributed by atoms with Crippen LogP contribution in [-0.4, -0.2) is 36.7 Å². The third-order valence-electron chi connectivity index (χ3n) is 4.91. The van der Waals surface area contributed by atoms with E-state index in [2.05, 4.69) is 15.5 Å². The van der Waals surface area contributed by atoms with E-state index in [0.717, 1.165) is 29.4 Å². The lowest BCUT2D eigenvalue weighted by atomic mass is 10.1. The molecule has 0 radical (unpaired) electrons. The molecule has 0 spiro atoms. The van der Waals surface area contributed by atoms with Gasteiger partial charge in [-0.1, -0.05) is 18.2 Å². The van der Waals surface area contributed by atoms with E-state index >= 15 is 0 Å². The van der Waals surface area contributed by atoms with Crippen molar-refractivity contribution >= 4 is 28.9 Å². The van der Waals surface area contributed by atoms with Crippen LogP contribution in [0.3, 0.4) is 0 Å². The maximum Gasteiger partial charge on any atom is 0.272 e. The first-order valence-electron chi connectivity index (χ1n) is 9.87. The van der Waals surface area contributed by atoms with Crippen LogP contribution in [0.4, 0.5) is 0 Å². The molecule has 2 aromatic carbocycles. The van der Waals surface area contributed by atoms with Gasteiger partial charge < -0.3 is 15.2 Å². The van der Waals surface area contributed by atoms with Crippen molar-refractivity contribution in [1.82, 2.24) is 10.4 Å². The van der Waals surface area contributed by atoms with E-state index in [-0.39, 0.29) is 12.5 Å². The lowest BCUT2D eigenvalue weighted by molar-refractivity contribution is -0.119. The van der Waals surface area contributed by atoms with Crippen molar-refractivity contribution in [3.63, 3.8) is 0 Å². The highest BCUT2D eigenvalue weighted by atomic mass is 16.5. The summed E-state index contributed by atoms with van der Waals surface area (Å²) >= 11 is 0. The van der Waals surface area contributed by atoms with Gasteiger partial charge >= 0.3 is 0 Å². The molecule has 1 aliphatic rings. The number of hydrogen-bond donors (Lipinski definition) is 2. The molecule has 1 aliphatic carbocycles. The highest BCUT2D eigenvalue weighted by Crippen LogP contribution is 2.40. The van der Waals surface area contributed by atoms with E-state index in [1.165, 1.54) is 13.3 Å². The number of amides is 2. The maximum atomic E-state index is 12.8. The molecule has 3 aromatic rings. The lowest BCUT2D eigenvalue weighted by Gasteiger charge is -2.10. The Kier molecular flexibility index (Phi) is 5.79. The Morgan fingerprint density at radius 3 is 2.74 bits per heavy atom. The number of nitrogens with zero attached hydrogens (tertiary/aromatic N) is 2. The van der Waals surface area contributed by atoms with Crippen molar-refractivity contribution in [2.75, 3.05) is 13.7 Å². The summed E-state index contributed by atoms with van der Waals surface area (Å²) < 4.78 is 10.6.